The van der Waals surface area contributed by atoms with E-state index >= 15 is 0 Å². The molecule has 0 bridgehead atoms. The van der Waals surface area contributed by atoms with Crippen LogP contribution in [0.1, 0.15) is 5.01 Å². The molecular formula is C14H15N3O2S2. The van der Waals surface area contributed by atoms with Crippen molar-refractivity contribution >= 4 is 44.5 Å². The standard InChI is InChI=1S/C14H15N3O2S2/c18-12(9-17-7-8-20-14(17)19)15-6-5-13-16-10-3-1-2-4-11(10)21-13/h1-4H,5-9H2,(H,15,18). The highest BCUT2D eigenvalue weighted by Gasteiger charge is 2.22. The second-order valence-electron chi connectivity index (χ2n) is 4.71. The fourth-order valence-corrected chi connectivity index (χ4v) is 3.93. The number of nitrogens with zero attached hydrogens (tertiary/aromatic N) is 2. The first-order valence-corrected chi connectivity index (χ1v) is 8.55. The lowest BCUT2D eigenvalue weighted by Gasteiger charge is -2.13. The summed E-state index contributed by atoms with van der Waals surface area (Å²) in [6.07, 6.45) is 0.716. The molecule has 1 saturated heterocycles. The van der Waals surface area contributed by atoms with E-state index in [0.717, 1.165) is 16.3 Å². The number of thiazole rings is 1. The molecule has 2 aromatic rings. The molecule has 1 aliphatic heterocycles. The molecule has 1 aromatic heterocycles. The third-order valence-corrected chi connectivity index (χ3v) is 5.17. The van der Waals surface area contributed by atoms with Crippen LogP contribution in [0.5, 0.6) is 0 Å². The molecule has 3 rings (SSSR count). The normalized spacial score (nSPS) is 14.9. The largest absolute Gasteiger partial charge is 0.354 e. The van der Waals surface area contributed by atoms with Crippen molar-refractivity contribution in [3.63, 3.8) is 0 Å². The van der Waals surface area contributed by atoms with E-state index in [9.17, 15) is 9.59 Å². The van der Waals surface area contributed by atoms with Crippen LogP contribution in [0.3, 0.4) is 0 Å². The predicted molar refractivity (Wildman–Crippen MR) is 85.8 cm³/mol. The number of hydrogen-bond donors (Lipinski definition) is 1. The molecule has 0 spiro atoms. The highest BCUT2D eigenvalue weighted by molar-refractivity contribution is 8.13. The first-order chi connectivity index (χ1) is 10.2. The van der Waals surface area contributed by atoms with Crippen LogP contribution in [0.15, 0.2) is 24.3 Å². The molecule has 0 aliphatic carbocycles. The maximum atomic E-state index is 11.8. The number of rotatable bonds is 5. The van der Waals surface area contributed by atoms with E-state index < -0.39 is 0 Å². The van der Waals surface area contributed by atoms with Crippen LogP contribution < -0.4 is 5.32 Å². The van der Waals surface area contributed by atoms with Crippen molar-refractivity contribution in [2.45, 2.75) is 6.42 Å². The number of benzene rings is 1. The average molecular weight is 321 g/mol. The Morgan fingerprint density at radius 3 is 3.00 bits per heavy atom. The summed E-state index contributed by atoms with van der Waals surface area (Å²) in [7, 11) is 0. The average Bonchev–Trinajstić information content (AvgIpc) is 3.05. The summed E-state index contributed by atoms with van der Waals surface area (Å²) < 4.78 is 1.17. The van der Waals surface area contributed by atoms with Gasteiger partial charge in [0.15, 0.2) is 0 Å². The van der Waals surface area contributed by atoms with E-state index in [2.05, 4.69) is 10.3 Å². The second kappa shape index (κ2) is 6.44. The SMILES string of the molecule is O=C(CN1CCSC1=O)NCCc1nc2ccccc2s1. The van der Waals surface area contributed by atoms with E-state index in [1.807, 2.05) is 24.3 Å². The van der Waals surface area contributed by atoms with Gasteiger partial charge >= 0.3 is 0 Å². The van der Waals surface area contributed by atoms with Gasteiger partial charge in [-0.05, 0) is 12.1 Å². The molecule has 2 heterocycles. The van der Waals surface area contributed by atoms with Crippen molar-refractivity contribution in [2.75, 3.05) is 25.4 Å². The number of thioether (sulfide) groups is 1. The molecule has 5 nitrogen and oxygen atoms in total. The van der Waals surface area contributed by atoms with Crippen molar-refractivity contribution in [3.05, 3.63) is 29.3 Å². The number of carbonyl (C=O) groups excluding carboxylic acids is 2. The number of para-hydroxylation sites is 1. The van der Waals surface area contributed by atoms with E-state index in [1.165, 1.54) is 16.5 Å². The predicted octanol–water partition coefficient (Wildman–Crippen LogP) is 2.12. The van der Waals surface area contributed by atoms with Gasteiger partial charge in [-0.15, -0.1) is 11.3 Å². The fraction of sp³-hybridized carbons (Fsp3) is 0.357. The zero-order chi connectivity index (χ0) is 14.7. The zero-order valence-corrected chi connectivity index (χ0v) is 13.0. The van der Waals surface area contributed by atoms with Crippen molar-refractivity contribution in [1.82, 2.24) is 15.2 Å². The van der Waals surface area contributed by atoms with Gasteiger partial charge < -0.3 is 10.2 Å². The number of amides is 2. The summed E-state index contributed by atoms with van der Waals surface area (Å²) in [5.41, 5.74) is 1.00. The Labute approximate surface area is 130 Å². The molecule has 0 unspecified atom stereocenters. The Bertz CT molecular complexity index is 638. The van der Waals surface area contributed by atoms with E-state index in [1.54, 1.807) is 16.2 Å². The summed E-state index contributed by atoms with van der Waals surface area (Å²) in [5, 5.41) is 3.86. The second-order valence-corrected chi connectivity index (χ2v) is 6.87. The number of aromatic nitrogens is 1. The molecule has 0 saturated carbocycles. The van der Waals surface area contributed by atoms with Crippen molar-refractivity contribution in [1.29, 1.82) is 0 Å². The summed E-state index contributed by atoms with van der Waals surface area (Å²) in [6, 6.07) is 8.01. The summed E-state index contributed by atoms with van der Waals surface area (Å²) in [6.45, 7) is 1.37. The van der Waals surface area contributed by atoms with E-state index in [-0.39, 0.29) is 17.7 Å². The van der Waals surface area contributed by atoms with Crippen molar-refractivity contribution < 1.29 is 9.59 Å². The molecule has 1 N–H and O–H groups in total. The molecule has 0 atom stereocenters. The molecule has 0 radical (unpaired) electrons. The van der Waals surface area contributed by atoms with Crippen LogP contribution in [-0.4, -0.2) is 46.4 Å². The highest BCUT2D eigenvalue weighted by Crippen LogP contribution is 2.21. The maximum Gasteiger partial charge on any atom is 0.282 e. The lowest BCUT2D eigenvalue weighted by Crippen LogP contribution is -2.38. The minimum Gasteiger partial charge on any atom is -0.354 e. The van der Waals surface area contributed by atoms with Gasteiger partial charge in [0.25, 0.3) is 5.24 Å². The van der Waals surface area contributed by atoms with Crippen LogP contribution in [0.2, 0.25) is 0 Å². The third-order valence-electron chi connectivity index (χ3n) is 3.18. The number of nitrogens with one attached hydrogen (secondary N) is 1. The quantitative estimate of drug-likeness (QED) is 0.916. The molecule has 1 aromatic carbocycles. The van der Waals surface area contributed by atoms with Gasteiger partial charge in [-0.2, -0.15) is 0 Å². The molecule has 1 fully saturated rings. The lowest BCUT2D eigenvalue weighted by atomic mass is 10.3. The molecule has 21 heavy (non-hydrogen) atoms. The highest BCUT2D eigenvalue weighted by atomic mass is 32.2. The van der Waals surface area contributed by atoms with Crippen LogP contribution in [-0.2, 0) is 11.2 Å². The van der Waals surface area contributed by atoms with Gasteiger partial charge in [0.2, 0.25) is 5.91 Å². The Kier molecular flexibility index (Phi) is 4.40. The molecular weight excluding hydrogens is 306 g/mol. The molecule has 110 valence electrons. The number of hydrogen-bond acceptors (Lipinski definition) is 5. The third kappa shape index (κ3) is 3.54. The molecule has 2 amide bonds. The Hall–Kier alpha value is -1.60. The number of carbonyl (C=O) groups is 2. The van der Waals surface area contributed by atoms with Gasteiger partial charge in [0.1, 0.15) is 6.54 Å². The topological polar surface area (TPSA) is 62.3 Å². The smallest absolute Gasteiger partial charge is 0.282 e. The minimum atomic E-state index is -0.105. The number of fused-ring (bicyclic) bond motifs is 1. The zero-order valence-electron chi connectivity index (χ0n) is 11.4. The van der Waals surface area contributed by atoms with Crippen LogP contribution in [0.4, 0.5) is 4.79 Å². The first kappa shape index (κ1) is 14.3. The van der Waals surface area contributed by atoms with E-state index in [4.69, 9.17) is 0 Å². The lowest BCUT2D eigenvalue weighted by molar-refractivity contribution is -0.121. The van der Waals surface area contributed by atoms with Crippen LogP contribution in [0, 0.1) is 0 Å². The van der Waals surface area contributed by atoms with Gasteiger partial charge in [-0.1, -0.05) is 23.9 Å². The van der Waals surface area contributed by atoms with Crippen LogP contribution in [0.25, 0.3) is 10.2 Å². The maximum absolute atomic E-state index is 11.8. The Morgan fingerprint density at radius 1 is 1.38 bits per heavy atom. The fourth-order valence-electron chi connectivity index (χ4n) is 2.13. The van der Waals surface area contributed by atoms with Gasteiger partial charge in [0.05, 0.1) is 15.2 Å². The van der Waals surface area contributed by atoms with Gasteiger partial charge in [-0.25, -0.2) is 4.98 Å². The first-order valence-electron chi connectivity index (χ1n) is 6.75. The molecule has 1 aliphatic rings. The Morgan fingerprint density at radius 2 is 2.24 bits per heavy atom. The Balaban J connectivity index is 1.47. The van der Waals surface area contributed by atoms with Crippen molar-refractivity contribution in [3.8, 4) is 0 Å². The van der Waals surface area contributed by atoms with Crippen LogP contribution >= 0.6 is 23.1 Å². The molecule has 7 heteroatoms. The summed E-state index contributed by atoms with van der Waals surface area (Å²) in [4.78, 5) is 29.3. The van der Waals surface area contributed by atoms with E-state index in [0.29, 0.717) is 19.5 Å². The summed E-state index contributed by atoms with van der Waals surface area (Å²) >= 11 is 2.92. The van der Waals surface area contributed by atoms with Gasteiger partial charge in [-0.3, -0.25) is 9.59 Å². The monoisotopic (exact) mass is 321 g/mol. The minimum absolute atomic E-state index is 0.00340. The van der Waals surface area contributed by atoms with Crippen molar-refractivity contribution in [2.24, 2.45) is 0 Å². The summed E-state index contributed by atoms with van der Waals surface area (Å²) in [5.74, 6) is 0.671. The van der Waals surface area contributed by atoms with Gasteiger partial charge in [0, 0.05) is 25.3 Å².